The number of carbonyl (C=O) groups is 1. The Morgan fingerprint density at radius 2 is 1.97 bits per heavy atom. The third-order valence-electron chi connectivity index (χ3n) is 5.22. The maximum atomic E-state index is 13.0. The molecule has 0 radical (unpaired) electrons. The van der Waals surface area contributed by atoms with E-state index in [-0.39, 0.29) is 19.1 Å². The van der Waals surface area contributed by atoms with Gasteiger partial charge in [0.25, 0.3) is 0 Å². The fourth-order valence-electron chi connectivity index (χ4n) is 3.68. The van der Waals surface area contributed by atoms with E-state index in [1.807, 2.05) is 35.7 Å². The van der Waals surface area contributed by atoms with Crippen LogP contribution in [0.4, 0.5) is 0 Å². The second-order valence-corrected chi connectivity index (χ2v) is 7.97. The monoisotopic (exact) mass is 413 g/mol. The summed E-state index contributed by atoms with van der Waals surface area (Å²) in [6, 6.07) is 11.3. The number of benzene rings is 1. The van der Waals surface area contributed by atoms with Gasteiger partial charge in [-0.05, 0) is 48.6 Å². The first-order valence-corrected chi connectivity index (χ1v) is 10.5. The second-order valence-electron chi connectivity index (χ2n) is 7.02. The molecule has 4 rings (SSSR count). The Labute approximate surface area is 173 Å². The van der Waals surface area contributed by atoms with Crippen molar-refractivity contribution < 1.29 is 18.8 Å². The topological polar surface area (TPSA) is 86.5 Å². The zero-order chi connectivity index (χ0) is 20.1. The molecule has 1 amide bonds. The lowest BCUT2D eigenvalue weighted by Crippen LogP contribution is -2.41. The van der Waals surface area contributed by atoms with E-state index >= 15 is 0 Å². The van der Waals surface area contributed by atoms with Gasteiger partial charge in [0.1, 0.15) is 11.5 Å². The Morgan fingerprint density at radius 1 is 1.21 bits per heavy atom. The fraction of sp³-hybridized carbons (Fsp3) is 0.381. The van der Waals surface area contributed by atoms with Crippen molar-refractivity contribution in [3.63, 3.8) is 0 Å². The largest absolute Gasteiger partial charge is 0.497 e. The summed E-state index contributed by atoms with van der Waals surface area (Å²) in [6.07, 6.45) is 3.89. The predicted molar refractivity (Wildman–Crippen MR) is 108 cm³/mol. The number of ether oxygens (including phenoxy) is 2. The molecule has 0 spiro atoms. The van der Waals surface area contributed by atoms with E-state index in [4.69, 9.17) is 14.0 Å². The third kappa shape index (κ3) is 4.27. The Bertz CT molecular complexity index is 931. The molecule has 0 bridgehead atoms. The molecule has 0 saturated heterocycles. The van der Waals surface area contributed by atoms with Gasteiger partial charge < -0.3 is 19.3 Å². The number of carbonyl (C=O) groups excluding carboxylic acids is 1. The van der Waals surface area contributed by atoms with Crippen LogP contribution in [0.1, 0.15) is 42.3 Å². The van der Waals surface area contributed by atoms with Crippen molar-refractivity contribution in [1.82, 2.24) is 15.5 Å². The molecular formula is C21H23N3O4S. The van der Waals surface area contributed by atoms with E-state index in [0.29, 0.717) is 17.5 Å². The molecule has 1 fully saturated rings. The SMILES string of the molecule is COc1ccc(OCc2noc(CNC(=O)C3(c4cccs4)CCCC3)n2)cc1. The standard InChI is InChI=1S/C21H23N3O4S/c1-26-15-6-8-16(9-7-15)27-14-18-23-19(28-24-18)13-22-20(25)21(10-2-3-11-21)17-5-4-12-29-17/h4-9,12H,2-3,10-11,13-14H2,1H3,(H,22,25). The first-order valence-electron chi connectivity index (χ1n) is 9.60. The molecule has 8 heteroatoms. The molecule has 2 aromatic heterocycles. The van der Waals surface area contributed by atoms with Crippen LogP contribution in [0.15, 0.2) is 46.3 Å². The van der Waals surface area contributed by atoms with Crippen LogP contribution in [0.25, 0.3) is 0 Å². The summed E-state index contributed by atoms with van der Waals surface area (Å²) in [5.41, 5.74) is -0.422. The van der Waals surface area contributed by atoms with Crippen LogP contribution >= 0.6 is 11.3 Å². The maximum Gasteiger partial charge on any atom is 0.246 e. The number of thiophene rings is 1. The number of amides is 1. The normalized spacial score (nSPS) is 15.2. The van der Waals surface area contributed by atoms with Crippen molar-refractivity contribution in [1.29, 1.82) is 0 Å². The van der Waals surface area contributed by atoms with Crippen LogP contribution in [-0.2, 0) is 23.4 Å². The molecule has 2 heterocycles. The molecule has 7 nitrogen and oxygen atoms in total. The number of hydrogen-bond acceptors (Lipinski definition) is 7. The van der Waals surface area contributed by atoms with Crippen LogP contribution in [0.2, 0.25) is 0 Å². The first-order chi connectivity index (χ1) is 14.2. The van der Waals surface area contributed by atoms with E-state index < -0.39 is 5.41 Å². The minimum absolute atomic E-state index is 0.0340. The Morgan fingerprint density at radius 3 is 2.66 bits per heavy atom. The summed E-state index contributed by atoms with van der Waals surface area (Å²) < 4.78 is 16.0. The zero-order valence-electron chi connectivity index (χ0n) is 16.2. The average molecular weight is 413 g/mol. The summed E-state index contributed by atoms with van der Waals surface area (Å²) in [6.45, 7) is 0.393. The first kappa shape index (κ1) is 19.4. The van der Waals surface area contributed by atoms with Crippen molar-refractivity contribution in [3.8, 4) is 11.5 Å². The van der Waals surface area contributed by atoms with Crippen LogP contribution < -0.4 is 14.8 Å². The predicted octanol–water partition coefficient (Wildman–Crippen LogP) is 3.85. The lowest BCUT2D eigenvalue weighted by Gasteiger charge is -2.26. The van der Waals surface area contributed by atoms with Crippen LogP contribution in [0, 0.1) is 0 Å². The summed E-state index contributed by atoms with van der Waals surface area (Å²) >= 11 is 1.64. The molecule has 3 aromatic rings. The molecule has 0 atom stereocenters. The van der Waals surface area contributed by atoms with E-state index in [1.165, 1.54) is 0 Å². The number of nitrogens with one attached hydrogen (secondary N) is 1. The molecule has 1 aliphatic rings. The molecule has 29 heavy (non-hydrogen) atoms. The van der Waals surface area contributed by atoms with E-state index in [9.17, 15) is 4.79 Å². The minimum Gasteiger partial charge on any atom is -0.497 e. The molecule has 1 aromatic carbocycles. The smallest absolute Gasteiger partial charge is 0.246 e. The van der Waals surface area contributed by atoms with E-state index in [1.54, 1.807) is 18.4 Å². The zero-order valence-corrected chi connectivity index (χ0v) is 17.0. The van der Waals surface area contributed by atoms with Gasteiger partial charge in [0.15, 0.2) is 6.61 Å². The highest BCUT2D eigenvalue weighted by atomic mass is 32.1. The van der Waals surface area contributed by atoms with Crippen LogP contribution in [-0.4, -0.2) is 23.2 Å². The molecule has 1 N–H and O–H groups in total. The van der Waals surface area contributed by atoms with Gasteiger partial charge in [-0.1, -0.05) is 24.1 Å². The Balaban J connectivity index is 1.32. The molecule has 0 aliphatic heterocycles. The third-order valence-corrected chi connectivity index (χ3v) is 6.30. The Hall–Kier alpha value is -2.87. The van der Waals surface area contributed by atoms with Crippen LogP contribution in [0.3, 0.4) is 0 Å². The van der Waals surface area contributed by atoms with Gasteiger partial charge in [-0.3, -0.25) is 4.79 Å². The average Bonchev–Trinajstić information content (AvgIpc) is 3.52. The quantitative estimate of drug-likeness (QED) is 0.604. The van der Waals surface area contributed by atoms with E-state index in [0.717, 1.165) is 36.3 Å². The summed E-state index contributed by atoms with van der Waals surface area (Å²) in [5.74, 6) is 2.28. The highest BCUT2D eigenvalue weighted by Gasteiger charge is 2.43. The second kappa shape index (κ2) is 8.65. The van der Waals surface area contributed by atoms with Crippen molar-refractivity contribution in [2.24, 2.45) is 0 Å². The molecule has 152 valence electrons. The van der Waals surface area contributed by atoms with Crippen molar-refractivity contribution >= 4 is 17.2 Å². The van der Waals surface area contributed by atoms with Crippen molar-refractivity contribution in [2.75, 3.05) is 7.11 Å². The van der Waals surface area contributed by atoms with E-state index in [2.05, 4.69) is 21.5 Å². The van der Waals surface area contributed by atoms with Crippen molar-refractivity contribution in [3.05, 3.63) is 58.4 Å². The highest BCUT2D eigenvalue weighted by molar-refractivity contribution is 7.10. The molecule has 0 unspecified atom stereocenters. The van der Waals surface area contributed by atoms with Gasteiger partial charge in [-0.15, -0.1) is 11.3 Å². The number of hydrogen-bond donors (Lipinski definition) is 1. The summed E-state index contributed by atoms with van der Waals surface area (Å²) in [5, 5.41) is 8.93. The number of aromatic nitrogens is 2. The lowest BCUT2D eigenvalue weighted by molar-refractivity contribution is -0.126. The fourth-order valence-corrected chi connectivity index (χ4v) is 4.66. The molecular weight excluding hydrogens is 390 g/mol. The van der Waals surface area contributed by atoms with Gasteiger partial charge in [-0.2, -0.15) is 4.98 Å². The molecule has 1 saturated carbocycles. The number of methoxy groups -OCH3 is 1. The number of rotatable bonds is 8. The lowest BCUT2D eigenvalue weighted by atomic mass is 9.83. The van der Waals surface area contributed by atoms with Gasteiger partial charge in [0.05, 0.1) is 19.1 Å². The molecule has 1 aliphatic carbocycles. The minimum atomic E-state index is -0.422. The number of nitrogens with zero attached hydrogens (tertiary/aromatic N) is 2. The van der Waals surface area contributed by atoms with Crippen LogP contribution in [0.5, 0.6) is 11.5 Å². The van der Waals surface area contributed by atoms with Gasteiger partial charge in [-0.25, -0.2) is 0 Å². The maximum absolute atomic E-state index is 13.0. The van der Waals surface area contributed by atoms with Gasteiger partial charge in [0.2, 0.25) is 17.6 Å². The summed E-state index contributed by atoms with van der Waals surface area (Å²) in [4.78, 5) is 18.4. The highest BCUT2D eigenvalue weighted by Crippen LogP contribution is 2.43. The van der Waals surface area contributed by atoms with Crippen molar-refractivity contribution in [2.45, 2.75) is 44.2 Å². The van der Waals surface area contributed by atoms with Gasteiger partial charge in [0, 0.05) is 4.88 Å². The summed E-state index contributed by atoms with van der Waals surface area (Å²) in [7, 11) is 1.62. The Kier molecular flexibility index (Phi) is 5.80. The van der Waals surface area contributed by atoms with Gasteiger partial charge >= 0.3 is 0 Å².